The number of hydrogen-bond donors (Lipinski definition) is 0. The van der Waals surface area contributed by atoms with Gasteiger partial charge in [-0.1, -0.05) is 90.5 Å². The van der Waals surface area contributed by atoms with Crippen molar-refractivity contribution in [1.29, 1.82) is 0 Å². The minimum absolute atomic E-state index is 0.735. The van der Waals surface area contributed by atoms with E-state index in [0.29, 0.717) is 0 Å². The van der Waals surface area contributed by atoms with Crippen LogP contribution < -0.4 is 0 Å². The van der Waals surface area contributed by atoms with Crippen molar-refractivity contribution in [2.75, 3.05) is 0 Å². The molecule has 0 N–H and O–H groups in total. The Morgan fingerprint density at radius 2 is 1.00 bits per heavy atom. The Balaban J connectivity index is 1.68. The fraction of sp³-hybridized carbons (Fsp3) is 0.654. The molecule has 0 fully saturated rings. The maximum absolute atomic E-state index is 4.60. The minimum atomic E-state index is 0.735. The third-order valence-corrected chi connectivity index (χ3v) is 5.65. The number of rotatable bonds is 16. The molecular weight excluding hydrogens is 354 g/mol. The summed E-state index contributed by atoms with van der Waals surface area (Å²) in [7, 11) is 0. The summed E-state index contributed by atoms with van der Waals surface area (Å²) in [5.41, 5.74) is 3.43. The van der Waals surface area contributed by atoms with Gasteiger partial charge in [-0.2, -0.15) is 0 Å². The summed E-state index contributed by atoms with van der Waals surface area (Å²) < 4.78 is 0. The fourth-order valence-electron chi connectivity index (χ4n) is 3.72. The second-order valence-electron chi connectivity index (χ2n) is 8.36. The Kier molecular flexibility index (Phi) is 12.3. The number of pyridine rings is 1. The van der Waals surface area contributed by atoms with Crippen LogP contribution in [-0.2, 0) is 12.8 Å². The smallest absolute Gasteiger partial charge is 0.178 e. The van der Waals surface area contributed by atoms with Crippen LogP contribution in [0.3, 0.4) is 0 Å². The monoisotopic (exact) mass is 395 g/mol. The molecule has 0 spiro atoms. The van der Waals surface area contributed by atoms with Crippen LogP contribution in [0.4, 0.5) is 0 Å². The topological polar surface area (TPSA) is 38.7 Å². The molecule has 2 heterocycles. The standard InChI is InChI=1S/C26H41N3/c1-3-5-7-9-11-13-14-16-23-18-19-25(27-20-23)26-28-21-24(22-29-26)17-15-12-10-8-6-4-2/h18-22H,3-17H2,1-2H3. The maximum atomic E-state index is 4.60. The van der Waals surface area contributed by atoms with E-state index >= 15 is 0 Å². The summed E-state index contributed by atoms with van der Waals surface area (Å²) in [6.07, 6.45) is 25.5. The van der Waals surface area contributed by atoms with Gasteiger partial charge in [-0.25, -0.2) is 9.97 Å². The van der Waals surface area contributed by atoms with E-state index in [1.165, 1.54) is 94.6 Å². The van der Waals surface area contributed by atoms with Gasteiger partial charge in [-0.05, 0) is 42.9 Å². The first-order chi connectivity index (χ1) is 14.3. The van der Waals surface area contributed by atoms with Gasteiger partial charge in [0.1, 0.15) is 5.69 Å². The Hall–Kier alpha value is -1.77. The normalized spacial score (nSPS) is 11.1. The Morgan fingerprint density at radius 3 is 1.52 bits per heavy atom. The lowest BCUT2D eigenvalue weighted by molar-refractivity contribution is 0.589. The van der Waals surface area contributed by atoms with Gasteiger partial charge >= 0.3 is 0 Å². The summed E-state index contributed by atoms with van der Waals surface area (Å²) in [4.78, 5) is 13.7. The van der Waals surface area contributed by atoms with Crippen LogP contribution in [0.5, 0.6) is 0 Å². The van der Waals surface area contributed by atoms with Crippen LogP contribution in [0.25, 0.3) is 11.5 Å². The molecule has 160 valence electrons. The van der Waals surface area contributed by atoms with E-state index in [-0.39, 0.29) is 0 Å². The summed E-state index contributed by atoms with van der Waals surface area (Å²) in [5, 5.41) is 0. The molecule has 0 aliphatic heterocycles. The second-order valence-corrected chi connectivity index (χ2v) is 8.36. The molecule has 2 aromatic rings. The molecule has 0 unspecified atom stereocenters. The molecule has 0 aliphatic rings. The van der Waals surface area contributed by atoms with Gasteiger partial charge in [-0.3, -0.25) is 4.98 Å². The van der Waals surface area contributed by atoms with E-state index in [2.05, 4.69) is 40.9 Å². The summed E-state index contributed by atoms with van der Waals surface area (Å²) in [6.45, 7) is 4.53. The summed E-state index contributed by atoms with van der Waals surface area (Å²) in [5.74, 6) is 0.735. The Bertz CT molecular complexity index is 634. The first-order valence-corrected chi connectivity index (χ1v) is 12.1. The predicted octanol–water partition coefficient (Wildman–Crippen LogP) is 7.73. The molecule has 0 aliphatic carbocycles. The molecule has 0 radical (unpaired) electrons. The summed E-state index contributed by atoms with van der Waals surface area (Å²) >= 11 is 0. The third kappa shape index (κ3) is 10.0. The van der Waals surface area contributed by atoms with Crippen molar-refractivity contribution in [3.8, 4) is 11.5 Å². The zero-order valence-electron chi connectivity index (χ0n) is 18.8. The molecule has 2 aromatic heterocycles. The molecule has 3 nitrogen and oxygen atoms in total. The van der Waals surface area contributed by atoms with E-state index in [9.17, 15) is 0 Å². The van der Waals surface area contributed by atoms with E-state index < -0.39 is 0 Å². The van der Waals surface area contributed by atoms with Gasteiger partial charge in [0, 0.05) is 18.6 Å². The molecule has 0 bridgehead atoms. The van der Waals surface area contributed by atoms with Crippen LogP contribution in [0, 0.1) is 0 Å². The lowest BCUT2D eigenvalue weighted by Crippen LogP contribution is -1.96. The van der Waals surface area contributed by atoms with Crippen LogP contribution in [0.15, 0.2) is 30.7 Å². The van der Waals surface area contributed by atoms with Gasteiger partial charge in [-0.15, -0.1) is 0 Å². The molecule has 0 saturated heterocycles. The zero-order valence-corrected chi connectivity index (χ0v) is 18.8. The first-order valence-electron chi connectivity index (χ1n) is 12.1. The highest BCUT2D eigenvalue weighted by molar-refractivity contribution is 5.48. The number of aromatic nitrogens is 3. The molecule has 0 amide bonds. The summed E-state index contributed by atoms with van der Waals surface area (Å²) in [6, 6.07) is 4.26. The largest absolute Gasteiger partial charge is 0.253 e. The van der Waals surface area contributed by atoms with Crippen molar-refractivity contribution in [3.63, 3.8) is 0 Å². The van der Waals surface area contributed by atoms with Gasteiger partial charge in [0.25, 0.3) is 0 Å². The number of aryl methyl sites for hydroxylation is 2. The molecule has 0 atom stereocenters. The lowest BCUT2D eigenvalue weighted by Gasteiger charge is -2.05. The van der Waals surface area contributed by atoms with Crippen molar-refractivity contribution in [1.82, 2.24) is 15.0 Å². The van der Waals surface area contributed by atoms with Crippen molar-refractivity contribution < 1.29 is 0 Å². The zero-order chi connectivity index (χ0) is 20.6. The van der Waals surface area contributed by atoms with Crippen molar-refractivity contribution in [2.45, 2.75) is 110 Å². The molecule has 0 saturated carbocycles. The molecule has 29 heavy (non-hydrogen) atoms. The van der Waals surface area contributed by atoms with Crippen molar-refractivity contribution in [3.05, 3.63) is 41.9 Å². The number of hydrogen-bond acceptors (Lipinski definition) is 3. The van der Waals surface area contributed by atoms with Gasteiger partial charge in [0.05, 0.1) is 0 Å². The van der Waals surface area contributed by atoms with Gasteiger partial charge < -0.3 is 0 Å². The molecular formula is C26H41N3. The molecule has 2 rings (SSSR count). The van der Waals surface area contributed by atoms with Crippen LogP contribution in [0.1, 0.15) is 108 Å². The van der Waals surface area contributed by atoms with Gasteiger partial charge in [0.2, 0.25) is 0 Å². The average molecular weight is 396 g/mol. The Morgan fingerprint density at radius 1 is 0.517 bits per heavy atom. The number of unbranched alkanes of at least 4 members (excludes halogenated alkanes) is 11. The van der Waals surface area contributed by atoms with E-state index in [0.717, 1.165) is 24.4 Å². The van der Waals surface area contributed by atoms with E-state index in [4.69, 9.17) is 0 Å². The molecule has 3 heteroatoms. The van der Waals surface area contributed by atoms with Crippen LogP contribution in [-0.4, -0.2) is 15.0 Å². The first kappa shape index (κ1) is 23.5. The highest BCUT2D eigenvalue weighted by atomic mass is 14.9. The highest BCUT2D eigenvalue weighted by Crippen LogP contribution is 2.15. The third-order valence-electron chi connectivity index (χ3n) is 5.65. The van der Waals surface area contributed by atoms with Gasteiger partial charge in [0.15, 0.2) is 5.82 Å². The lowest BCUT2D eigenvalue weighted by atomic mass is 10.1. The van der Waals surface area contributed by atoms with E-state index in [1.54, 1.807) is 0 Å². The average Bonchev–Trinajstić information content (AvgIpc) is 2.76. The Labute approximate surface area is 178 Å². The second kappa shape index (κ2) is 15.1. The maximum Gasteiger partial charge on any atom is 0.178 e. The van der Waals surface area contributed by atoms with Crippen LogP contribution in [0.2, 0.25) is 0 Å². The SMILES string of the molecule is CCCCCCCCCc1ccc(-c2ncc(CCCCCCCC)cn2)nc1. The quantitative estimate of drug-likeness (QED) is 0.273. The fourth-order valence-corrected chi connectivity index (χ4v) is 3.72. The van der Waals surface area contributed by atoms with Crippen molar-refractivity contribution in [2.24, 2.45) is 0 Å². The highest BCUT2D eigenvalue weighted by Gasteiger charge is 2.04. The minimum Gasteiger partial charge on any atom is -0.253 e. The predicted molar refractivity (Wildman–Crippen MR) is 124 cm³/mol. The van der Waals surface area contributed by atoms with Crippen molar-refractivity contribution >= 4 is 0 Å². The van der Waals surface area contributed by atoms with Crippen LogP contribution >= 0.6 is 0 Å². The number of nitrogens with zero attached hydrogens (tertiary/aromatic N) is 3. The molecule has 0 aromatic carbocycles. The van der Waals surface area contributed by atoms with E-state index in [1.807, 2.05) is 18.6 Å².